The average Bonchev–Trinajstić information content (AvgIpc) is 2.75. The van der Waals surface area contributed by atoms with Crippen LogP contribution in [0.15, 0.2) is 35.4 Å². The molecule has 0 aliphatic heterocycles. The minimum atomic E-state index is -0.0682. The molecule has 0 unspecified atom stereocenters. The fraction of sp³-hybridized carbons (Fsp3) is 0.167. The largest absolute Gasteiger partial charge is 0.307 e. The predicted molar refractivity (Wildman–Crippen MR) is 62.7 cm³/mol. The fourth-order valence-electron chi connectivity index (χ4n) is 2.03. The summed E-state index contributed by atoms with van der Waals surface area (Å²) in [4.78, 5) is 16.1. The molecule has 0 aliphatic carbocycles. The molecule has 0 atom stereocenters. The van der Waals surface area contributed by atoms with Gasteiger partial charge in [0.15, 0.2) is 0 Å². The molecule has 1 aromatic carbocycles. The van der Waals surface area contributed by atoms with E-state index in [1.807, 2.05) is 29.7 Å². The molecule has 4 heteroatoms. The van der Waals surface area contributed by atoms with Gasteiger partial charge in [0.25, 0.3) is 5.56 Å². The van der Waals surface area contributed by atoms with Crippen LogP contribution in [0.5, 0.6) is 0 Å². The first-order valence-corrected chi connectivity index (χ1v) is 5.11. The number of aryl methyl sites for hydroxylation is 2. The number of nitrogens with zero attached hydrogens (tertiary/aromatic N) is 3. The van der Waals surface area contributed by atoms with Crippen molar-refractivity contribution in [3.63, 3.8) is 0 Å². The van der Waals surface area contributed by atoms with Crippen molar-refractivity contribution in [3.8, 4) is 0 Å². The second kappa shape index (κ2) is 2.95. The van der Waals surface area contributed by atoms with Crippen LogP contribution in [0.1, 0.15) is 5.56 Å². The molecule has 0 saturated carbocycles. The van der Waals surface area contributed by atoms with E-state index >= 15 is 0 Å². The van der Waals surface area contributed by atoms with E-state index in [0.717, 1.165) is 11.0 Å². The van der Waals surface area contributed by atoms with Crippen molar-refractivity contribution in [2.75, 3.05) is 0 Å². The van der Waals surface area contributed by atoms with Gasteiger partial charge >= 0.3 is 0 Å². The Balaban J connectivity index is 2.72. The van der Waals surface area contributed by atoms with Crippen LogP contribution in [0.2, 0.25) is 0 Å². The molecule has 3 aromatic rings. The van der Waals surface area contributed by atoms with Gasteiger partial charge in [-0.05, 0) is 24.6 Å². The van der Waals surface area contributed by atoms with Gasteiger partial charge in [-0.1, -0.05) is 6.07 Å². The summed E-state index contributed by atoms with van der Waals surface area (Å²) in [5, 5.41) is 0. The standard InChI is InChI=1S/C12H11N3O/c1-8-3-4-9-10(7-8)15-6-5-13-11(15)12(16)14(9)2/h3-7H,1-2H3. The minimum absolute atomic E-state index is 0.0682. The summed E-state index contributed by atoms with van der Waals surface area (Å²) in [6.07, 6.45) is 3.47. The summed E-state index contributed by atoms with van der Waals surface area (Å²) in [5.41, 5.74) is 3.50. The van der Waals surface area contributed by atoms with Crippen molar-refractivity contribution < 1.29 is 0 Å². The normalized spacial score (nSPS) is 11.4. The van der Waals surface area contributed by atoms with Crippen LogP contribution < -0.4 is 5.56 Å². The Bertz CT molecular complexity index is 752. The number of rotatable bonds is 0. The van der Waals surface area contributed by atoms with E-state index in [1.54, 1.807) is 17.8 Å². The number of hydrogen-bond donors (Lipinski definition) is 0. The number of aromatic nitrogens is 3. The average molecular weight is 213 g/mol. The van der Waals surface area contributed by atoms with Crippen molar-refractivity contribution in [2.45, 2.75) is 6.92 Å². The van der Waals surface area contributed by atoms with Gasteiger partial charge in [0.05, 0.1) is 11.0 Å². The van der Waals surface area contributed by atoms with E-state index in [0.29, 0.717) is 5.65 Å². The van der Waals surface area contributed by atoms with Crippen LogP contribution in [-0.4, -0.2) is 14.0 Å². The second-order valence-corrected chi connectivity index (χ2v) is 3.98. The third kappa shape index (κ3) is 1.04. The molecule has 4 nitrogen and oxygen atoms in total. The SMILES string of the molecule is Cc1ccc2c(c1)n1ccnc1c(=O)n2C. The lowest BCUT2D eigenvalue weighted by Gasteiger charge is -2.07. The Hall–Kier alpha value is -2.10. The summed E-state index contributed by atoms with van der Waals surface area (Å²) in [5.74, 6) is 0. The van der Waals surface area contributed by atoms with Crippen molar-refractivity contribution in [1.82, 2.24) is 14.0 Å². The monoisotopic (exact) mass is 213 g/mol. The Morgan fingerprint density at radius 3 is 2.88 bits per heavy atom. The molecule has 2 heterocycles. The summed E-state index contributed by atoms with van der Waals surface area (Å²) in [7, 11) is 1.77. The van der Waals surface area contributed by atoms with Gasteiger partial charge in [-0.2, -0.15) is 0 Å². The lowest BCUT2D eigenvalue weighted by atomic mass is 10.2. The predicted octanol–water partition coefficient (Wildman–Crippen LogP) is 1.49. The zero-order valence-electron chi connectivity index (χ0n) is 9.14. The van der Waals surface area contributed by atoms with Crippen molar-refractivity contribution >= 4 is 16.7 Å². The quantitative estimate of drug-likeness (QED) is 0.567. The van der Waals surface area contributed by atoms with Gasteiger partial charge in [-0.15, -0.1) is 0 Å². The lowest BCUT2D eigenvalue weighted by Crippen LogP contribution is -2.20. The maximum Gasteiger partial charge on any atom is 0.294 e. The first-order valence-electron chi connectivity index (χ1n) is 5.11. The van der Waals surface area contributed by atoms with Crippen LogP contribution >= 0.6 is 0 Å². The molecule has 0 spiro atoms. The number of hydrogen-bond acceptors (Lipinski definition) is 2. The zero-order valence-corrected chi connectivity index (χ0v) is 9.14. The number of imidazole rings is 1. The highest BCUT2D eigenvalue weighted by molar-refractivity contribution is 5.78. The Morgan fingerprint density at radius 2 is 2.06 bits per heavy atom. The van der Waals surface area contributed by atoms with E-state index in [4.69, 9.17) is 0 Å². The first-order chi connectivity index (χ1) is 7.68. The first kappa shape index (κ1) is 9.15. The van der Waals surface area contributed by atoms with Crippen LogP contribution in [0.4, 0.5) is 0 Å². The molecule has 0 fully saturated rings. The fourth-order valence-corrected chi connectivity index (χ4v) is 2.03. The van der Waals surface area contributed by atoms with Gasteiger partial charge in [0, 0.05) is 19.4 Å². The maximum atomic E-state index is 12.0. The summed E-state index contributed by atoms with van der Waals surface area (Å²) in [6, 6.07) is 6.03. The van der Waals surface area contributed by atoms with E-state index in [-0.39, 0.29) is 5.56 Å². The highest BCUT2D eigenvalue weighted by Gasteiger charge is 2.08. The van der Waals surface area contributed by atoms with Crippen molar-refractivity contribution in [3.05, 3.63) is 46.5 Å². The van der Waals surface area contributed by atoms with Crippen molar-refractivity contribution in [1.29, 1.82) is 0 Å². The molecule has 0 amide bonds. The van der Waals surface area contributed by atoms with E-state index < -0.39 is 0 Å². The summed E-state index contributed by atoms with van der Waals surface area (Å²) >= 11 is 0. The highest BCUT2D eigenvalue weighted by atomic mass is 16.1. The molecule has 3 rings (SSSR count). The number of fused-ring (bicyclic) bond motifs is 3. The van der Waals surface area contributed by atoms with Gasteiger partial charge in [0.2, 0.25) is 5.65 Å². The molecule has 80 valence electrons. The Labute approximate surface area is 91.8 Å². The summed E-state index contributed by atoms with van der Waals surface area (Å²) < 4.78 is 3.47. The Morgan fingerprint density at radius 1 is 1.25 bits per heavy atom. The van der Waals surface area contributed by atoms with E-state index in [2.05, 4.69) is 11.1 Å². The number of benzene rings is 1. The molecular formula is C12H11N3O. The van der Waals surface area contributed by atoms with Gasteiger partial charge < -0.3 is 4.57 Å². The van der Waals surface area contributed by atoms with Crippen LogP contribution in [0.25, 0.3) is 16.7 Å². The maximum absolute atomic E-state index is 12.0. The molecule has 0 saturated heterocycles. The smallest absolute Gasteiger partial charge is 0.294 e. The van der Waals surface area contributed by atoms with Gasteiger partial charge in [-0.25, -0.2) is 4.98 Å². The molecule has 2 aromatic heterocycles. The van der Waals surface area contributed by atoms with E-state index in [1.165, 1.54) is 5.56 Å². The van der Waals surface area contributed by atoms with E-state index in [9.17, 15) is 4.79 Å². The van der Waals surface area contributed by atoms with Crippen LogP contribution in [-0.2, 0) is 7.05 Å². The van der Waals surface area contributed by atoms with Gasteiger partial charge in [-0.3, -0.25) is 9.20 Å². The Kier molecular flexibility index (Phi) is 1.68. The van der Waals surface area contributed by atoms with Gasteiger partial charge in [0.1, 0.15) is 0 Å². The topological polar surface area (TPSA) is 39.3 Å². The molecule has 0 aliphatic rings. The van der Waals surface area contributed by atoms with Crippen LogP contribution in [0.3, 0.4) is 0 Å². The lowest BCUT2D eigenvalue weighted by molar-refractivity contribution is 0.894. The van der Waals surface area contributed by atoms with Crippen LogP contribution in [0, 0.1) is 6.92 Å². The van der Waals surface area contributed by atoms with Crippen molar-refractivity contribution in [2.24, 2.45) is 7.05 Å². The minimum Gasteiger partial charge on any atom is -0.307 e. The molecule has 0 bridgehead atoms. The summed E-state index contributed by atoms with van der Waals surface area (Å²) in [6.45, 7) is 2.04. The zero-order chi connectivity index (χ0) is 11.3. The molecule has 16 heavy (non-hydrogen) atoms. The molecule has 0 N–H and O–H groups in total. The molecular weight excluding hydrogens is 202 g/mol. The second-order valence-electron chi connectivity index (χ2n) is 3.98. The third-order valence-electron chi connectivity index (χ3n) is 2.89. The highest BCUT2D eigenvalue weighted by Crippen LogP contribution is 2.14. The molecule has 0 radical (unpaired) electrons. The third-order valence-corrected chi connectivity index (χ3v) is 2.89.